The molecule has 4 rings (SSSR count). The number of likely N-dealkylation sites (N-methyl/N-ethyl adjacent to an activating group) is 1. The van der Waals surface area contributed by atoms with E-state index in [2.05, 4.69) is 60.6 Å². The van der Waals surface area contributed by atoms with Crippen LogP contribution >= 0.6 is 0 Å². The molecule has 1 aromatic heterocycles. The number of nitrogens with zero attached hydrogens (tertiary/aromatic N) is 2. The second-order valence-electron chi connectivity index (χ2n) is 8.00. The number of ether oxygens (including phenoxy) is 1. The number of pyridine rings is 1. The van der Waals surface area contributed by atoms with Gasteiger partial charge in [0, 0.05) is 36.8 Å². The van der Waals surface area contributed by atoms with Crippen LogP contribution < -0.4 is 10.1 Å². The molecule has 1 atom stereocenters. The first-order chi connectivity index (χ1) is 12.6. The summed E-state index contributed by atoms with van der Waals surface area (Å²) in [5.41, 5.74) is 3.94. The summed E-state index contributed by atoms with van der Waals surface area (Å²) in [6, 6.07) is 12.8. The van der Waals surface area contributed by atoms with Crippen LogP contribution in [0.1, 0.15) is 29.7 Å². The molecule has 0 spiro atoms. The van der Waals surface area contributed by atoms with Crippen LogP contribution in [-0.4, -0.2) is 49.2 Å². The average Bonchev–Trinajstić information content (AvgIpc) is 3.05. The molecule has 1 unspecified atom stereocenters. The molecule has 0 radical (unpaired) electrons. The molecule has 2 aromatic rings. The van der Waals surface area contributed by atoms with E-state index in [0.29, 0.717) is 0 Å². The van der Waals surface area contributed by atoms with Crippen LogP contribution in [0.4, 0.5) is 0 Å². The zero-order chi connectivity index (χ0) is 18.0. The van der Waals surface area contributed by atoms with Crippen LogP contribution in [0, 0.1) is 6.92 Å². The van der Waals surface area contributed by atoms with Crippen molar-refractivity contribution < 1.29 is 4.74 Å². The summed E-state index contributed by atoms with van der Waals surface area (Å²) < 4.78 is 6.15. The first-order valence-corrected chi connectivity index (χ1v) is 9.72. The number of benzene rings is 1. The topological polar surface area (TPSA) is 37.4 Å². The molecule has 26 heavy (non-hydrogen) atoms. The summed E-state index contributed by atoms with van der Waals surface area (Å²) in [6.07, 6.45) is 5.55. The van der Waals surface area contributed by atoms with Gasteiger partial charge >= 0.3 is 0 Å². The van der Waals surface area contributed by atoms with Gasteiger partial charge in [0.05, 0.1) is 0 Å². The fourth-order valence-electron chi connectivity index (χ4n) is 4.47. The Labute approximate surface area is 156 Å². The van der Waals surface area contributed by atoms with Crippen molar-refractivity contribution in [1.82, 2.24) is 15.2 Å². The quantitative estimate of drug-likeness (QED) is 0.899. The Kier molecular flexibility index (Phi) is 4.96. The number of rotatable bonds is 5. The van der Waals surface area contributed by atoms with E-state index in [-0.39, 0.29) is 11.5 Å². The van der Waals surface area contributed by atoms with E-state index >= 15 is 0 Å². The van der Waals surface area contributed by atoms with Crippen molar-refractivity contribution in [2.24, 2.45) is 0 Å². The first kappa shape index (κ1) is 17.5. The maximum absolute atomic E-state index is 6.15. The van der Waals surface area contributed by atoms with Crippen LogP contribution in [0.3, 0.4) is 0 Å². The number of fused-ring (bicyclic) bond motifs is 1. The lowest BCUT2D eigenvalue weighted by atomic mass is 9.75. The molecule has 1 aromatic carbocycles. The smallest absolute Gasteiger partial charge is 0.123 e. The van der Waals surface area contributed by atoms with Crippen LogP contribution in [0.25, 0.3) is 0 Å². The maximum atomic E-state index is 6.15. The highest BCUT2D eigenvalue weighted by molar-refractivity contribution is 5.37. The van der Waals surface area contributed by atoms with Gasteiger partial charge in [-0.05, 0) is 63.2 Å². The summed E-state index contributed by atoms with van der Waals surface area (Å²) in [4.78, 5) is 7.25. The Balaban J connectivity index is 1.45. The molecule has 1 N–H and O–H groups in total. The molecule has 0 bridgehead atoms. The van der Waals surface area contributed by atoms with E-state index < -0.39 is 0 Å². The number of nitrogens with one attached hydrogen (secondary N) is 1. The summed E-state index contributed by atoms with van der Waals surface area (Å²) in [6.45, 7) is 6.22. The van der Waals surface area contributed by atoms with Gasteiger partial charge in [-0.15, -0.1) is 0 Å². The Hall–Kier alpha value is -1.91. The predicted molar refractivity (Wildman–Crippen MR) is 105 cm³/mol. The van der Waals surface area contributed by atoms with Gasteiger partial charge in [0.15, 0.2) is 0 Å². The monoisotopic (exact) mass is 351 g/mol. The summed E-state index contributed by atoms with van der Waals surface area (Å²) in [5, 5.41) is 3.51. The van der Waals surface area contributed by atoms with E-state index in [1.807, 2.05) is 6.20 Å². The minimum atomic E-state index is 0.138. The van der Waals surface area contributed by atoms with Crippen molar-refractivity contribution in [3.63, 3.8) is 0 Å². The fourth-order valence-corrected chi connectivity index (χ4v) is 4.47. The molecule has 0 saturated carbocycles. The molecule has 0 amide bonds. The molecule has 4 nitrogen and oxygen atoms in total. The molecular weight excluding hydrogens is 322 g/mol. The second-order valence-corrected chi connectivity index (χ2v) is 8.00. The number of aromatic nitrogens is 1. The summed E-state index contributed by atoms with van der Waals surface area (Å²) in [5.74, 6) is 1.06. The zero-order valence-corrected chi connectivity index (χ0v) is 15.9. The SMILES string of the molecule is Cc1ccc(C2(CN(C)CC3Cc4ccccc4O3)CCNCC2)nc1. The molecule has 138 valence electrons. The molecule has 3 heterocycles. The average molecular weight is 351 g/mol. The Morgan fingerprint density at radius 1 is 1.19 bits per heavy atom. The van der Waals surface area contributed by atoms with Gasteiger partial charge in [0.25, 0.3) is 0 Å². The standard InChI is InChI=1S/C22H29N3O/c1-17-7-8-21(24-14-17)22(9-11-23-12-10-22)16-25(2)15-19-13-18-5-3-4-6-20(18)26-19/h3-8,14,19,23H,9-13,15-16H2,1-2H3. The Morgan fingerprint density at radius 2 is 2.00 bits per heavy atom. The molecule has 2 aliphatic heterocycles. The molecule has 4 heteroatoms. The van der Waals surface area contributed by atoms with Gasteiger partial charge in [-0.2, -0.15) is 0 Å². The van der Waals surface area contributed by atoms with Crippen LogP contribution in [0.5, 0.6) is 5.75 Å². The van der Waals surface area contributed by atoms with E-state index in [0.717, 1.165) is 51.2 Å². The molecule has 0 aliphatic carbocycles. The maximum Gasteiger partial charge on any atom is 0.123 e. The van der Waals surface area contributed by atoms with Crippen molar-refractivity contribution in [2.75, 3.05) is 33.2 Å². The molecule has 1 saturated heterocycles. The third-order valence-electron chi connectivity index (χ3n) is 5.82. The second kappa shape index (κ2) is 7.37. The predicted octanol–water partition coefficient (Wildman–Crippen LogP) is 2.95. The highest BCUT2D eigenvalue weighted by Crippen LogP contribution is 2.34. The number of para-hydroxylation sites is 1. The van der Waals surface area contributed by atoms with E-state index in [1.165, 1.54) is 16.8 Å². The largest absolute Gasteiger partial charge is 0.488 e. The van der Waals surface area contributed by atoms with Crippen LogP contribution in [-0.2, 0) is 11.8 Å². The summed E-state index contributed by atoms with van der Waals surface area (Å²) in [7, 11) is 2.23. The van der Waals surface area contributed by atoms with E-state index in [1.54, 1.807) is 0 Å². The highest BCUT2D eigenvalue weighted by atomic mass is 16.5. The van der Waals surface area contributed by atoms with Gasteiger partial charge < -0.3 is 15.0 Å². The van der Waals surface area contributed by atoms with E-state index in [4.69, 9.17) is 9.72 Å². The highest BCUT2D eigenvalue weighted by Gasteiger charge is 2.37. The van der Waals surface area contributed by atoms with Crippen molar-refractivity contribution >= 4 is 0 Å². The third-order valence-corrected chi connectivity index (χ3v) is 5.82. The van der Waals surface area contributed by atoms with Gasteiger partial charge in [-0.3, -0.25) is 4.98 Å². The zero-order valence-electron chi connectivity index (χ0n) is 15.9. The number of hydrogen-bond acceptors (Lipinski definition) is 4. The third kappa shape index (κ3) is 3.62. The van der Waals surface area contributed by atoms with Gasteiger partial charge in [-0.25, -0.2) is 0 Å². The van der Waals surface area contributed by atoms with Gasteiger partial charge in [0.2, 0.25) is 0 Å². The minimum absolute atomic E-state index is 0.138. The van der Waals surface area contributed by atoms with Crippen LogP contribution in [0.15, 0.2) is 42.6 Å². The molecular formula is C22H29N3O. The normalized spacial score (nSPS) is 21.4. The lowest BCUT2D eigenvalue weighted by Gasteiger charge is -2.40. The first-order valence-electron chi connectivity index (χ1n) is 9.72. The fraction of sp³-hybridized carbons (Fsp3) is 0.500. The number of aryl methyl sites for hydroxylation is 1. The minimum Gasteiger partial charge on any atom is -0.488 e. The van der Waals surface area contributed by atoms with Crippen molar-refractivity contribution in [1.29, 1.82) is 0 Å². The Morgan fingerprint density at radius 3 is 2.73 bits per heavy atom. The number of hydrogen-bond donors (Lipinski definition) is 1. The lowest BCUT2D eigenvalue weighted by molar-refractivity contribution is 0.134. The van der Waals surface area contributed by atoms with Gasteiger partial charge in [-0.1, -0.05) is 24.3 Å². The van der Waals surface area contributed by atoms with Crippen molar-refractivity contribution in [3.8, 4) is 5.75 Å². The van der Waals surface area contributed by atoms with Crippen LogP contribution in [0.2, 0.25) is 0 Å². The Bertz CT molecular complexity index is 712. The van der Waals surface area contributed by atoms with Crippen molar-refractivity contribution in [3.05, 3.63) is 59.4 Å². The molecule has 2 aliphatic rings. The summed E-state index contributed by atoms with van der Waals surface area (Å²) >= 11 is 0. The van der Waals surface area contributed by atoms with E-state index in [9.17, 15) is 0 Å². The number of piperidine rings is 1. The van der Waals surface area contributed by atoms with Gasteiger partial charge in [0.1, 0.15) is 11.9 Å². The lowest BCUT2D eigenvalue weighted by Crippen LogP contribution is -2.48. The van der Waals surface area contributed by atoms with Crippen molar-refractivity contribution in [2.45, 2.75) is 37.7 Å². The molecule has 1 fully saturated rings.